The van der Waals surface area contributed by atoms with Crippen molar-refractivity contribution >= 4 is 12.1 Å². The molecule has 0 fully saturated rings. The number of aromatic nitrogens is 1. The lowest BCUT2D eigenvalue weighted by Gasteiger charge is -2.15. The molecular formula is C33H29N3O3. The van der Waals surface area contributed by atoms with Gasteiger partial charge in [0.1, 0.15) is 11.5 Å². The van der Waals surface area contributed by atoms with Gasteiger partial charge in [0.25, 0.3) is 5.91 Å². The van der Waals surface area contributed by atoms with Crippen molar-refractivity contribution in [1.82, 2.24) is 9.99 Å². The predicted octanol–water partition coefficient (Wildman–Crippen LogP) is 6.90. The quantitative estimate of drug-likeness (QED) is 0.181. The number of ether oxygens (including phenoxy) is 2. The lowest BCUT2D eigenvalue weighted by Crippen LogP contribution is -2.17. The topological polar surface area (TPSA) is 64.8 Å². The number of hydrogen-bond donors (Lipinski definition) is 1. The largest absolute Gasteiger partial charge is 0.497 e. The monoisotopic (exact) mass is 515 g/mol. The molecule has 1 heterocycles. The van der Waals surface area contributed by atoms with Crippen LogP contribution < -0.4 is 14.9 Å². The van der Waals surface area contributed by atoms with Crippen molar-refractivity contribution in [2.24, 2.45) is 5.10 Å². The Balaban J connectivity index is 1.59. The van der Waals surface area contributed by atoms with Crippen molar-refractivity contribution in [3.8, 4) is 39.7 Å². The number of carbonyl (C=O) groups excluding carboxylic acids is 1. The van der Waals surface area contributed by atoms with Gasteiger partial charge in [0.15, 0.2) is 0 Å². The van der Waals surface area contributed by atoms with Crippen molar-refractivity contribution in [3.05, 3.63) is 126 Å². The highest BCUT2D eigenvalue weighted by Gasteiger charge is 2.19. The Kier molecular flexibility index (Phi) is 7.55. The number of rotatable bonds is 8. The minimum absolute atomic E-state index is 0.369. The van der Waals surface area contributed by atoms with Gasteiger partial charge in [0, 0.05) is 22.9 Å². The minimum Gasteiger partial charge on any atom is -0.497 e. The summed E-state index contributed by atoms with van der Waals surface area (Å²) in [5, 5.41) is 4.35. The van der Waals surface area contributed by atoms with Crippen LogP contribution >= 0.6 is 0 Å². The van der Waals surface area contributed by atoms with Gasteiger partial charge < -0.3 is 14.0 Å². The summed E-state index contributed by atoms with van der Waals surface area (Å²) >= 11 is 0. The second-order valence-electron chi connectivity index (χ2n) is 9.04. The Morgan fingerprint density at radius 3 is 1.95 bits per heavy atom. The molecule has 0 spiro atoms. The van der Waals surface area contributed by atoms with Gasteiger partial charge in [-0.05, 0) is 48.4 Å². The lowest BCUT2D eigenvalue weighted by atomic mass is 10.1. The van der Waals surface area contributed by atoms with Crippen molar-refractivity contribution in [3.63, 3.8) is 0 Å². The average Bonchev–Trinajstić information content (AvgIpc) is 3.37. The van der Waals surface area contributed by atoms with Gasteiger partial charge in [-0.2, -0.15) is 5.10 Å². The summed E-state index contributed by atoms with van der Waals surface area (Å²) in [6.07, 6.45) is 1.69. The Bertz CT molecular complexity index is 1580. The zero-order chi connectivity index (χ0) is 27.2. The second kappa shape index (κ2) is 11.5. The highest BCUT2D eigenvalue weighted by atomic mass is 16.5. The number of methoxy groups -OCH3 is 2. The van der Waals surface area contributed by atoms with E-state index in [1.807, 2.05) is 36.4 Å². The standard InChI is InChI=1S/C33H29N3O3/c1-23-14-16-28(17-15-23)36-31(24-10-6-4-7-11-24)20-27(32(36)25-12-8-5-9-13-25)22-34-35-33(37)26-18-29(38-2)21-30(19-26)39-3/h4-22H,1-3H3,(H,35,37)/b34-22-. The summed E-state index contributed by atoms with van der Waals surface area (Å²) < 4.78 is 12.8. The first-order valence-corrected chi connectivity index (χ1v) is 12.6. The van der Waals surface area contributed by atoms with Crippen molar-refractivity contribution in [2.75, 3.05) is 14.2 Å². The molecule has 0 aliphatic carbocycles. The van der Waals surface area contributed by atoms with Crippen molar-refractivity contribution in [2.45, 2.75) is 6.92 Å². The van der Waals surface area contributed by atoms with E-state index < -0.39 is 0 Å². The molecule has 5 aromatic rings. The summed E-state index contributed by atoms with van der Waals surface area (Å²) in [6.45, 7) is 2.08. The fourth-order valence-electron chi connectivity index (χ4n) is 4.47. The molecular weight excluding hydrogens is 486 g/mol. The fourth-order valence-corrected chi connectivity index (χ4v) is 4.47. The zero-order valence-electron chi connectivity index (χ0n) is 22.1. The van der Waals surface area contributed by atoms with Gasteiger partial charge in [-0.15, -0.1) is 0 Å². The van der Waals surface area contributed by atoms with Gasteiger partial charge in [0.05, 0.1) is 31.8 Å². The van der Waals surface area contributed by atoms with Gasteiger partial charge in [-0.3, -0.25) is 4.79 Å². The minimum atomic E-state index is -0.369. The molecule has 6 heteroatoms. The third-order valence-corrected chi connectivity index (χ3v) is 6.42. The van der Waals surface area contributed by atoms with E-state index in [-0.39, 0.29) is 5.91 Å². The van der Waals surface area contributed by atoms with Gasteiger partial charge >= 0.3 is 0 Å². The molecule has 0 saturated carbocycles. The summed E-state index contributed by atoms with van der Waals surface area (Å²) in [6, 6.07) is 36.0. The number of nitrogens with zero attached hydrogens (tertiary/aromatic N) is 2. The van der Waals surface area contributed by atoms with E-state index in [0.29, 0.717) is 17.1 Å². The van der Waals surface area contributed by atoms with Crippen LogP contribution in [0.2, 0.25) is 0 Å². The molecule has 5 rings (SSSR count). The first kappa shape index (κ1) is 25.5. The van der Waals surface area contributed by atoms with Crippen LogP contribution in [0.1, 0.15) is 21.5 Å². The van der Waals surface area contributed by atoms with E-state index in [1.54, 1.807) is 38.6 Å². The molecule has 6 nitrogen and oxygen atoms in total. The molecule has 39 heavy (non-hydrogen) atoms. The number of hydrogen-bond acceptors (Lipinski definition) is 4. The van der Waals surface area contributed by atoms with Crippen LogP contribution in [0.25, 0.3) is 28.2 Å². The molecule has 0 atom stereocenters. The molecule has 0 bridgehead atoms. The zero-order valence-corrected chi connectivity index (χ0v) is 22.1. The smallest absolute Gasteiger partial charge is 0.271 e. The molecule has 1 amide bonds. The summed E-state index contributed by atoms with van der Waals surface area (Å²) in [4.78, 5) is 12.9. The number of carbonyl (C=O) groups is 1. The molecule has 0 unspecified atom stereocenters. The number of nitrogens with one attached hydrogen (secondary N) is 1. The molecule has 0 aliphatic heterocycles. The second-order valence-corrected chi connectivity index (χ2v) is 9.04. The highest BCUT2D eigenvalue weighted by Crippen LogP contribution is 2.35. The maximum absolute atomic E-state index is 12.9. The number of benzene rings is 4. The van der Waals surface area contributed by atoms with Crippen LogP contribution in [-0.2, 0) is 0 Å². The first-order valence-electron chi connectivity index (χ1n) is 12.6. The molecule has 0 aliphatic rings. The highest BCUT2D eigenvalue weighted by molar-refractivity contribution is 5.97. The van der Waals surface area contributed by atoms with Crippen LogP contribution in [-0.4, -0.2) is 30.9 Å². The maximum Gasteiger partial charge on any atom is 0.271 e. The fraction of sp³-hybridized carbons (Fsp3) is 0.0909. The maximum atomic E-state index is 12.9. The molecule has 4 aromatic carbocycles. The van der Waals surface area contributed by atoms with Crippen LogP contribution in [0.3, 0.4) is 0 Å². The van der Waals surface area contributed by atoms with Crippen molar-refractivity contribution in [1.29, 1.82) is 0 Å². The number of hydrazone groups is 1. The molecule has 0 radical (unpaired) electrons. The predicted molar refractivity (Wildman–Crippen MR) is 156 cm³/mol. The number of aryl methyl sites for hydroxylation is 1. The lowest BCUT2D eigenvalue weighted by molar-refractivity contribution is 0.0954. The van der Waals surface area contributed by atoms with Crippen molar-refractivity contribution < 1.29 is 14.3 Å². The molecule has 1 aromatic heterocycles. The molecule has 1 N–H and O–H groups in total. The number of amides is 1. The Morgan fingerprint density at radius 1 is 0.769 bits per heavy atom. The van der Waals surface area contributed by atoms with E-state index in [4.69, 9.17) is 9.47 Å². The van der Waals surface area contributed by atoms with E-state index in [9.17, 15) is 4.79 Å². The Hall–Kier alpha value is -5.10. The van der Waals surface area contributed by atoms with E-state index in [0.717, 1.165) is 33.8 Å². The van der Waals surface area contributed by atoms with Crippen LogP contribution in [0.15, 0.2) is 114 Å². The van der Waals surface area contributed by atoms with Gasteiger partial charge in [0.2, 0.25) is 0 Å². The SMILES string of the molecule is COc1cc(OC)cc(C(=O)N/N=C\c2cc(-c3ccccc3)n(-c3ccc(C)cc3)c2-c2ccccc2)c1. The third kappa shape index (κ3) is 5.60. The van der Waals surface area contributed by atoms with E-state index in [1.165, 1.54) is 5.56 Å². The summed E-state index contributed by atoms with van der Waals surface area (Å²) in [5.74, 6) is 0.681. The van der Waals surface area contributed by atoms with Crippen LogP contribution in [0.4, 0.5) is 0 Å². The summed E-state index contributed by atoms with van der Waals surface area (Å²) in [5.41, 5.74) is 10.2. The Morgan fingerprint density at radius 2 is 1.36 bits per heavy atom. The normalized spacial score (nSPS) is 10.9. The summed E-state index contributed by atoms with van der Waals surface area (Å²) in [7, 11) is 3.09. The van der Waals surface area contributed by atoms with E-state index >= 15 is 0 Å². The third-order valence-electron chi connectivity index (χ3n) is 6.42. The molecule has 194 valence electrons. The van der Waals surface area contributed by atoms with Gasteiger partial charge in [-0.25, -0.2) is 5.43 Å². The average molecular weight is 516 g/mol. The van der Waals surface area contributed by atoms with Crippen LogP contribution in [0.5, 0.6) is 11.5 Å². The van der Waals surface area contributed by atoms with E-state index in [2.05, 4.69) is 76.6 Å². The first-order chi connectivity index (χ1) is 19.1. The van der Waals surface area contributed by atoms with Crippen LogP contribution in [0, 0.1) is 6.92 Å². The Labute approximate surface area is 228 Å². The van der Waals surface area contributed by atoms with Gasteiger partial charge in [-0.1, -0.05) is 78.4 Å². The molecule has 0 saturated heterocycles.